The highest BCUT2D eigenvalue weighted by Gasteiger charge is 2.23. The van der Waals surface area contributed by atoms with Gasteiger partial charge in [0.2, 0.25) is 17.7 Å². The van der Waals surface area contributed by atoms with Gasteiger partial charge in [0.15, 0.2) is 0 Å². The molecule has 1 aromatic heterocycles. The van der Waals surface area contributed by atoms with Crippen LogP contribution in [0.5, 0.6) is 0 Å². The molecule has 7 nitrogen and oxygen atoms in total. The van der Waals surface area contributed by atoms with Crippen molar-refractivity contribution in [3.63, 3.8) is 0 Å². The van der Waals surface area contributed by atoms with Gasteiger partial charge in [-0.1, -0.05) is 12.1 Å². The first-order valence-electron chi connectivity index (χ1n) is 9.16. The fourth-order valence-corrected chi connectivity index (χ4v) is 3.90. The van der Waals surface area contributed by atoms with Crippen molar-refractivity contribution in [2.45, 2.75) is 37.2 Å². The molecule has 0 fully saturated rings. The van der Waals surface area contributed by atoms with E-state index in [2.05, 4.69) is 10.6 Å². The zero-order valence-electron chi connectivity index (χ0n) is 15.6. The Bertz CT molecular complexity index is 838. The second kappa shape index (κ2) is 9.45. The van der Waals surface area contributed by atoms with Gasteiger partial charge in [0, 0.05) is 30.0 Å². The topological polar surface area (TPSA) is 91.7 Å². The number of thioether (sulfide) groups is 1. The summed E-state index contributed by atoms with van der Waals surface area (Å²) in [5, 5.41) is 5.32. The van der Waals surface area contributed by atoms with Gasteiger partial charge in [0.05, 0.1) is 18.5 Å². The maximum absolute atomic E-state index is 12.6. The van der Waals surface area contributed by atoms with Crippen LogP contribution in [0.25, 0.3) is 0 Å². The summed E-state index contributed by atoms with van der Waals surface area (Å²) in [6.07, 6.45) is 1.68. The maximum atomic E-state index is 12.6. The third kappa shape index (κ3) is 5.16. The van der Waals surface area contributed by atoms with Crippen LogP contribution in [0.1, 0.15) is 25.5 Å². The normalized spacial score (nSPS) is 14.1. The van der Waals surface area contributed by atoms with Crippen LogP contribution in [0.3, 0.4) is 0 Å². The molecule has 1 atom stereocenters. The number of nitrogens with one attached hydrogen (secondary N) is 2. The molecule has 0 radical (unpaired) electrons. The standard InChI is InChI=1S/C20H23N3O4S/c1-14(20(26)21-13-15-5-4-11-27-15)22-18(24)8-9-19(25)23-10-12-28-17-7-3-2-6-16(17)23/h2-7,11,14H,8-10,12-13H2,1H3,(H,21,26)(H,22,24). The number of amides is 3. The van der Waals surface area contributed by atoms with Crippen LogP contribution < -0.4 is 15.5 Å². The molecule has 0 saturated heterocycles. The van der Waals surface area contributed by atoms with Crippen molar-refractivity contribution in [2.75, 3.05) is 17.2 Å². The van der Waals surface area contributed by atoms with Crippen molar-refractivity contribution >= 4 is 35.2 Å². The molecule has 3 amide bonds. The monoisotopic (exact) mass is 401 g/mol. The van der Waals surface area contributed by atoms with Gasteiger partial charge >= 0.3 is 0 Å². The molecule has 8 heteroatoms. The van der Waals surface area contributed by atoms with Crippen molar-refractivity contribution in [2.24, 2.45) is 0 Å². The van der Waals surface area contributed by atoms with E-state index in [-0.39, 0.29) is 37.1 Å². The molecule has 1 aliphatic heterocycles. The number of benzene rings is 1. The van der Waals surface area contributed by atoms with Gasteiger partial charge in [0.1, 0.15) is 11.8 Å². The summed E-state index contributed by atoms with van der Waals surface area (Å²) in [7, 11) is 0. The Labute approximate surface area is 167 Å². The van der Waals surface area contributed by atoms with Crippen molar-refractivity contribution in [3.8, 4) is 0 Å². The van der Waals surface area contributed by atoms with Crippen LogP contribution in [-0.2, 0) is 20.9 Å². The Kier molecular flexibility index (Phi) is 6.76. The molecule has 0 spiro atoms. The number of nitrogens with zero attached hydrogens (tertiary/aromatic N) is 1. The lowest BCUT2D eigenvalue weighted by Gasteiger charge is -2.29. The highest BCUT2D eigenvalue weighted by Crippen LogP contribution is 2.34. The number of furan rings is 1. The Morgan fingerprint density at radius 1 is 1.18 bits per heavy atom. The molecule has 2 N–H and O–H groups in total. The van der Waals surface area contributed by atoms with Crippen LogP contribution in [0.15, 0.2) is 52.0 Å². The predicted octanol–water partition coefficient (Wildman–Crippen LogP) is 2.32. The molecular weight excluding hydrogens is 378 g/mol. The quantitative estimate of drug-likeness (QED) is 0.743. The SMILES string of the molecule is CC(NC(=O)CCC(=O)N1CCSc2ccccc21)C(=O)NCc1ccco1. The van der Waals surface area contributed by atoms with E-state index in [1.807, 2.05) is 24.3 Å². The highest BCUT2D eigenvalue weighted by atomic mass is 32.2. The number of hydrogen-bond acceptors (Lipinski definition) is 5. The van der Waals surface area contributed by atoms with Crippen molar-refractivity contribution < 1.29 is 18.8 Å². The van der Waals surface area contributed by atoms with Gasteiger partial charge in [-0.25, -0.2) is 0 Å². The zero-order chi connectivity index (χ0) is 19.9. The molecule has 0 aliphatic carbocycles. The van der Waals surface area contributed by atoms with Crippen LogP contribution in [0.4, 0.5) is 5.69 Å². The largest absolute Gasteiger partial charge is 0.467 e. The van der Waals surface area contributed by atoms with Crippen molar-refractivity contribution in [1.82, 2.24) is 10.6 Å². The van der Waals surface area contributed by atoms with E-state index in [1.54, 1.807) is 35.7 Å². The number of carbonyl (C=O) groups excluding carboxylic acids is 3. The lowest BCUT2D eigenvalue weighted by molar-refractivity contribution is -0.129. The number of para-hydroxylation sites is 1. The van der Waals surface area contributed by atoms with Gasteiger partial charge in [0.25, 0.3) is 0 Å². The van der Waals surface area contributed by atoms with Gasteiger partial charge in [-0.3, -0.25) is 14.4 Å². The average Bonchev–Trinajstić information content (AvgIpc) is 3.23. The number of anilines is 1. The predicted molar refractivity (Wildman–Crippen MR) is 107 cm³/mol. The van der Waals surface area contributed by atoms with E-state index in [1.165, 1.54) is 6.26 Å². The number of fused-ring (bicyclic) bond motifs is 1. The lowest BCUT2D eigenvalue weighted by atomic mass is 10.2. The van der Waals surface area contributed by atoms with E-state index in [0.29, 0.717) is 12.3 Å². The van der Waals surface area contributed by atoms with Crippen molar-refractivity contribution in [1.29, 1.82) is 0 Å². The molecule has 148 valence electrons. The second-order valence-corrected chi connectivity index (χ2v) is 7.58. The Morgan fingerprint density at radius 2 is 2.00 bits per heavy atom. The van der Waals surface area contributed by atoms with Gasteiger partial charge in [-0.15, -0.1) is 11.8 Å². The van der Waals surface area contributed by atoms with Crippen LogP contribution in [0, 0.1) is 0 Å². The summed E-state index contributed by atoms with van der Waals surface area (Å²) in [5.41, 5.74) is 0.898. The fraction of sp³-hybridized carbons (Fsp3) is 0.350. The van der Waals surface area contributed by atoms with Crippen molar-refractivity contribution in [3.05, 3.63) is 48.4 Å². The fourth-order valence-electron chi connectivity index (χ4n) is 2.90. The first kappa shape index (κ1) is 20.0. The average molecular weight is 401 g/mol. The molecule has 3 rings (SSSR count). The minimum atomic E-state index is -0.690. The lowest BCUT2D eigenvalue weighted by Crippen LogP contribution is -2.45. The summed E-state index contributed by atoms with van der Waals surface area (Å²) in [5.74, 6) is 0.754. The summed E-state index contributed by atoms with van der Waals surface area (Å²) in [6, 6.07) is 10.6. The summed E-state index contributed by atoms with van der Waals surface area (Å²) in [4.78, 5) is 39.6. The first-order valence-corrected chi connectivity index (χ1v) is 10.1. The van der Waals surface area contributed by atoms with E-state index in [0.717, 1.165) is 16.3 Å². The molecule has 2 aromatic rings. The molecule has 0 bridgehead atoms. The van der Waals surface area contributed by atoms with Gasteiger partial charge in [-0.2, -0.15) is 0 Å². The van der Waals surface area contributed by atoms with Gasteiger partial charge < -0.3 is 20.0 Å². The highest BCUT2D eigenvalue weighted by molar-refractivity contribution is 7.99. The molecular formula is C20H23N3O4S. The molecule has 28 heavy (non-hydrogen) atoms. The number of carbonyl (C=O) groups is 3. The number of hydrogen-bond donors (Lipinski definition) is 2. The minimum absolute atomic E-state index is 0.0421. The van der Waals surface area contributed by atoms with Gasteiger partial charge in [-0.05, 0) is 31.2 Å². The van der Waals surface area contributed by atoms with E-state index >= 15 is 0 Å². The van der Waals surface area contributed by atoms with Crippen LogP contribution >= 0.6 is 11.8 Å². The van der Waals surface area contributed by atoms with Crippen LogP contribution in [0.2, 0.25) is 0 Å². The molecule has 0 saturated carbocycles. The summed E-state index contributed by atoms with van der Waals surface area (Å²) < 4.78 is 5.15. The Hall–Kier alpha value is -2.74. The number of rotatable bonds is 7. The second-order valence-electron chi connectivity index (χ2n) is 6.45. The smallest absolute Gasteiger partial charge is 0.242 e. The maximum Gasteiger partial charge on any atom is 0.242 e. The van der Waals surface area contributed by atoms with E-state index < -0.39 is 6.04 Å². The third-order valence-electron chi connectivity index (χ3n) is 4.38. The Balaban J connectivity index is 1.44. The van der Waals surface area contributed by atoms with Crippen LogP contribution in [-0.4, -0.2) is 36.1 Å². The minimum Gasteiger partial charge on any atom is -0.467 e. The first-order chi connectivity index (χ1) is 13.5. The molecule has 1 aliphatic rings. The summed E-state index contributed by atoms with van der Waals surface area (Å²) in [6.45, 7) is 2.50. The summed E-state index contributed by atoms with van der Waals surface area (Å²) >= 11 is 1.73. The zero-order valence-corrected chi connectivity index (χ0v) is 16.5. The molecule has 1 aromatic carbocycles. The molecule has 1 unspecified atom stereocenters. The Morgan fingerprint density at radius 3 is 2.79 bits per heavy atom. The third-order valence-corrected chi connectivity index (χ3v) is 5.43. The van der Waals surface area contributed by atoms with E-state index in [9.17, 15) is 14.4 Å². The molecule has 2 heterocycles. The van der Waals surface area contributed by atoms with E-state index in [4.69, 9.17) is 4.42 Å².